The first-order chi connectivity index (χ1) is 19.3. The van der Waals surface area contributed by atoms with Gasteiger partial charge in [-0.15, -0.1) is 0 Å². The van der Waals surface area contributed by atoms with Gasteiger partial charge in [-0.05, 0) is 23.3 Å². The Labute approximate surface area is 236 Å². The smallest absolute Gasteiger partial charge is 0.428 e. The number of hydrogen-bond donors (Lipinski definition) is 0. The maximum absolute atomic E-state index is 14.7. The summed E-state index contributed by atoms with van der Waals surface area (Å²) in [6, 6.07) is 26.1. The largest absolute Gasteiger partial charge is 0.478 e. The van der Waals surface area contributed by atoms with Crippen LogP contribution in [0.25, 0.3) is 0 Å². The van der Waals surface area contributed by atoms with E-state index in [0.29, 0.717) is 5.17 Å². The van der Waals surface area contributed by atoms with E-state index in [1.54, 1.807) is 18.2 Å². The fourth-order valence-electron chi connectivity index (χ4n) is 4.69. The number of aliphatic imine (C=N–C) groups is 1. The summed E-state index contributed by atoms with van der Waals surface area (Å²) >= 11 is 1.28. The van der Waals surface area contributed by atoms with Crippen LogP contribution in [0.1, 0.15) is 11.1 Å². The second kappa shape index (κ2) is 12.6. The second-order valence-corrected chi connectivity index (χ2v) is 10.9. The van der Waals surface area contributed by atoms with Crippen LogP contribution in [0.5, 0.6) is 5.75 Å². The third-order valence-electron chi connectivity index (χ3n) is 6.62. The summed E-state index contributed by atoms with van der Waals surface area (Å²) in [7, 11) is 3.67. The Morgan fingerprint density at radius 2 is 1.35 bits per heavy atom. The molecule has 1 saturated heterocycles. The Balaban J connectivity index is 1.51. The molecule has 0 spiro atoms. The van der Waals surface area contributed by atoms with Gasteiger partial charge in [0.1, 0.15) is 35.5 Å². The van der Waals surface area contributed by atoms with Gasteiger partial charge in [-0.25, -0.2) is 0 Å². The number of ether oxygens (including phenoxy) is 4. The Kier molecular flexibility index (Phi) is 9.00. The van der Waals surface area contributed by atoms with Gasteiger partial charge >= 0.3 is 6.18 Å². The number of fused-ring (bicyclic) bond motifs is 1. The van der Waals surface area contributed by atoms with Crippen LogP contribution in [0.3, 0.4) is 0 Å². The minimum absolute atomic E-state index is 0.0707. The van der Waals surface area contributed by atoms with E-state index in [-0.39, 0.29) is 19.0 Å². The van der Waals surface area contributed by atoms with Crippen LogP contribution in [0, 0.1) is 0 Å². The lowest BCUT2D eigenvalue weighted by molar-refractivity contribution is -0.276. The van der Waals surface area contributed by atoms with Gasteiger partial charge in [0.05, 0.1) is 13.2 Å². The average Bonchev–Trinajstić information content (AvgIpc) is 3.39. The van der Waals surface area contributed by atoms with E-state index in [0.717, 1.165) is 11.1 Å². The summed E-state index contributed by atoms with van der Waals surface area (Å²) in [6.07, 6.45) is -10.5. The molecular formula is C30H31F3N2O4S. The number of para-hydroxylation sites is 1. The molecule has 2 aliphatic rings. The monoisotopic (exact) mass is 572 g/mol. The number of hydrogen-bond acceptors (Lipinski definition) is 7. The van der Waals surface area contributed by atoms with Gasteiger partial charge in [0.25, 0.3) is 0 Å². The zero-order chi connectivity index (χ0) is 28.1. The van der Waals surface area contributed by atoms with Crippen LogP contribution >= 0.6 is 11.8 Å². The molecule has 0 aliphatic carbocycles. The lowest BCUT2D eigenvalue weighted by atomic mass is 9.93. The van der Waals surface area contributed by atoms with E-state index in [1.165, 1.54) is 23.9 Å². The predicted molar refractivity (Wildman–Crippen MR) is 148 cm³/mol. The number of halogens is 3. The van der Waals surface area contributed by atoms with Crippen LogP contribution in [0.2, 0.25) is 0 Å². The molecule has 1 unspecified atom stereocenters. The normalized spacial score (nSPS) is 25.1. The van der Waals surface area contributed by atoms with Crippen molar-refractivity contribution in [1.82, 2.24) is 4.90 Å². The van der Waals surface area contributed by atoms with Crippen LogP contribution in [0.4, 0.5) is 13.2 Å². The van der Waals surface area contributed by atoms with Crippen molar-refractivity contribution in [2.45, 2.75) is 55.3 Å². The maximum atomic E-state index is 14.7. The highest BCUT2D eigenvalue weighted by atomic mass is 32.2. The lowest BCUT2D eigenvalue weighted by Gasteiger charge is -2.45. The van der Waals surface area contributed by atoms with Gasteiger partial charge in [0, 0.05) is 14.1 Å². The molecule has 0 radical (unpaired) electrons. The number of benzene rings is 3. The van der Waals surface area contributed by atoms with Crippen LogP contribution in [-0.2, 0) is 27.4 Å². The molecule has 0 bridgehead atoms. The van der Waals surface area contributed by atoms with Gasteiger partial charge in [-0.1, -0.05) is 90.6 Å². The molecule has 40 heavy (non-hydrogen) atoms. The second-order valence-electron chi connectivity index (χ2n) is 9.80. The maximum Gasteiger partial charge on any atom is 0.428 e. The first-order valence-corrected chi connectivity index (χ1v) is 13.8. The van der Waals surface area contributed by atoms with Gasteiger partial charge in [-0.2, -0.15) is 13.2 Å². The van der Waals surface area contributed by atoms with E-state index < -0.39 is 42.1 Å². The zero-order valence-corrected chi connectivity index (χ0v) is 22.9. The summed E-state index contributed by atoms with van der Waals surface area (Å²) in [5, 5.41) is 0.651. The van der Waals surface area contributed by atoms with Gasteiger partial charge in [-0.3, -0.25) is 4.99 Å². The SMILES string of the molecule is CN(C)C1=N[C@@H]2[C@@H](OCc3ccccc3)[C@H](OCc3ccccc3)[C@@H](C(Oc3ccccc3)C(F)(F)F)O[C@@H]2S1. The summed E-state index contributed by atoms with van der Waals surface area (Å²) < 4.78 is 68.6. The van der Waals surface area contributed by atoms with Crippen molar-refractivity contribution < 1.29 is 32.1 Å². The Hall–Kier alpha value is -3.05. The van der Waals surface area contributed by atoms with Crippen molar-refractivity contribution in [1.29, 1.82) is 0 Å². The molecule has 5 rings (SSSR count). The highest BCUT2D eigenvalue weighted by Crippen LogP contribution is 2.43. The molecule has 6 nitrogen and oxygen atoms in total. The van der Waals surface area contributed by atoms with Crippen LogP contribution in [0.15, 0.2) is 96.0 Å². The standard InChI is InChI=1S/C30H31F3N2O4S/c1-35(2)29-34-23-24(36-18-20-12-6-3-7-13-20)25(37-19-21-14-8-4-9-15-21)26(39-28(23)40-29)27(30(31,32)33)38-22-16-10-5-11-17-22/h3-17,23-28H,18-19H2,1-2H3/t23-,24-,25+,26+,27?,28-/m1/s1. The Morgan fingerprint density at radius 1 is 0.825 bits per heavy atom. The topological polar surface area (TPSA) is 52.5 Å². The zero-order valence-electron chi connectivity index (χ0n) is 22.1. The van der Waals surface area contributed by atoms with Gasteiger partial charge < -0.3 is 23.8 Å². The van der Waals surface area contributed by atoms with E-state index in [4.69, 9.17) is 23.9 Å². The van der Waals surface area contributed by atoms with Crippen molar-refractivity contribution >= 4 is 16.9 Å². The lowest BCUT2D eigenvalue weighted by Crippen LogP contribution is -2.63. The van der Waals surface area contributed by atoms with Crippen LogP contribution < -0.4 is 4.74 Å². The highest BCUT2D eigenvalue weighted by Gasteiger charge is 2.59. The molecule has 0 aromatic heterocycles. The summed E-state index contributed by atoms with van der Waals surface area (Å²) in [5.41, 5.74) is 0.999. The van der Waals surface area contributed by atoms with Crippen molar-refractivity contribution in [3.63, 3.8) is 0 Å². The first-order valence-electron chi connectivity index (χ1n) is 13.0. The molecule has 0 saturated carbocycles. The summed E-state index contributed by atoms with van der Waals surface area (Å²) in [6.45, 7) is 0.252. The Morgan fingerprint density at radius 3 is 1.88 bits per heavy atom. The third kappa shape index (κ3) is 6.80. The highest BCUT2D eigenvalue weighted by molar-refractivity contribution is 8.14. The molecule has 0 N–H and O–H groups in total. The molecule has 3 aromatic rings. The van der Waals surface area contributed by atoms with Crippen molar-refractivity contribution in [3.05, 3.63) is 102 Å². The molecule has 2 aliphatic heterocycles. The minimum atomic E-state index is -4.75. The molecule has 2 heterocycles. The molecule has 10 heteroatoms. The molecule has 212 valence electrons. The number of nitrogens with zero attached hydrogens (tertiary/aromatic N) is 2. The fourth-order valence-corrected chi connectivity index (χ4v) is 5.83. The summed E-state index contributed by atoms with van der Waals surface area (Å²) in [4.78, 5) is 6.62. The average molecular weight is 573 g/mol. The van der Waals surface area contributed by atoms with E-state index in [2.05, 4.69) is 0 Å². The van der Waals surface area contributed by atoms with E-state index in [1.807, 2.05) is 79.7 Å². The molecule has 1 fully saturated rings. The number of alkyl halides is 3. The van der Waals surface area contributed by atoms with Crippen molar-refractivity contribution in [3.8, 4) is 5.75 Å². The molecule has 6 atom stereocenters. The third-order valence-corrected chi connectivity index (χ3v) is 7.92. The Bertz CT molecular complexity index is 1250. The van der Waals surface area contributed by atoms with E-state index in [9.17, 15) is 13.2 Å². The summed E-state index contributed by atoms with van der Waals surface area (Å²) in [5.74, 6) is 0.0865. The quantitative estimate of drug-likeness (QED) is 0.317. The molecular weight excluding hydrogens is 541 g/mol. The molecule has 0 amide bonds. The minimum Gasteiger partial charge on any atom is -0.478 e. The predicted octanol–water partition coefficient (Wildman–Crippen LogP) is 5.93. The number of amidine groups is 1. The first kappa shape index (κ1) is 28.5. The van der Waals surface area contributed by atoms with E-state index >= 15 is 0 Å². The van der Waals surface area contributed by atoms with Crippen molar-refractivity contribution in [2.24, 2.45) is 4.99 Å². The fraction of sp³-hybridized carbons (Fsp3) is 0.367. The number of rotatable bonds is 9. The molecule has 3 aromatic carbocycles. The van der Waals surface area contributed by atoms with Crippen molar-refractivity contribution in [2.75, 3.05) is 14.1 Å². The van der Waals surface area contributed by atoms with Gasteiger partial charge in [0.2, 0.25) is 6.10 Å². The van der Waals surface area contributed by atoms with Crippen LogP contribution in [-0.4, -0.2) is 66.2 Å². The number of thioether (sulfide) groups is 1. The van der Waals surface area contributed by atoms with Gasteiger partial charge in [0.15, 0.2) is 5.17 Å².